The zero-order valence-corrected chi connectivity index (χ0v) is 13.8. The SMILES string of the molecule is CCCNC(Cc1nccn1CCC)CC(C)(C)OC. The van der Waals surface area contributed by atoms with Gasteiger partial charge in [0.15, 0.2) is 0 Å². The van der Waals surface area contributed by atoms with Gasteiger partial charge in [-0.2, -0.15) is 0 Å². The van der Waals surface area contributed by atoms with Gasteiger partial charge in [-0.25, -0.2) is 4.98 Å². The number of rotatable bonds is 10. The van der Waals surface area contributed by atoms with Gasteiger partial charge in [-0.3, -0.25) is 0 Å². The van der Waals surface area contributed by atoms with Crippen LogP contribution in [0.4, 0.5) is 0 Å². The van der Waals surface area contributed by atoms with Crippen LogP contribution in [0.15, 0.2) is 12.4 Å². The van der Waals surface area contributed by atoms with Crippen molar-refractivity contribution in [1.29, 1.82) is 0 Å². The molecule has 116 valence electrons. The highest BCUT2D eigenvalue weighted by Crippen LogP contribution is 2.18. The Morgan fingerprint density at radius 1 is 1.35 bits per heavy atom. The van der Waals surface area contributed by atoms with E-state index in [0.717, 1.165) is 38.8 Å². The van der Waals surface area contributed by atoms with Crippen molar-refractivity contribution in [1.82, 2.24) is 14.9 Å². The van der Waals surface area contributed by atoms with Gasteiger partial charge in [-0.1, -0.05) is 13.8 Å². The van der Waals surface area contributed by atoms with E-state index >= 15 is 0 Å². The van der Waals surface area contributed by atoms with Crippen LogP contribution in [0.2, 0.25) is 0 Å². The van der Waals surface area contributed by atoms with Crippen molar-refractivity contribution in [2.24, 2.45) is 0 Å². The average Bonchev–Trinajstić information content (AvgIpc) is 2.83. The third-order valence-electron chi connectivity index (χ3n) is 3.67. The van der Waals surface area contributed by atoms with Crippen LogP contribution in [0.25, 0.3) is 0 Å². The summed E-state index contributed by atoms with van der Waals surface area (Å²) < 4.78 is 7.84. The number of hydrogen-bond acceptors (Lipinski definition) is 3. The van der Waals surface area contributed by atoms with Gasteiger partial charge in [-0.05, 0) is 39.7 Å². The number of hydrogen-bond donors (Lipinski definition) is 1. The van der Waals surface area contributed by atoms with Gasteiger partial charge in [0.2, 0.25) is 0 Å². The zero-order valence-electron chi connectivity index (χ0n) is 13.8. The van der Waals surface area contributed by atoms with E-state index < -0.39 is 0 Å². The molecule has 20 heavy (non-hydrogen) atoms. The molecule has 0 aromatic carbocycles. The van der Waals surface area contributed by atoms with Crippen molar-refractivity contribution in [2.75, 3.05) is 13.7 Å². The van der Waals surface area contributed by atoms with Crippen molar-refractivity contribution < 1.29 is 4.74 Å². The molecule has 0 spiro atoms. The first-order valence-electron chi connectivity index (χ1n) is 7.81. The van der Waals surface area contributed by atoms with E-state index in [2.05, 4.69) is 48.8 Å². The Balaban J connectivity index is 2.70. The molecule has 4 heteroatoms. The molecule has 0 aliphatic heterocycles. The molecule has 0 fully saturated rings. The van der Waals surface area contributed by atoms with Gasteiger partial charge in [0, 0.05) is 38.5 Å². The maximum atomic E-state index is 5.58. The molecular weight excluding hydrogens is 250 g/mol. The van der Waals surface area contributed by atoms with Crippen molar-refractivity contribution in [3.8, 4) is 0 Å². The molecule has 4 nitrogen and oxygen atoms in total. The first kappa shape index (κ1) is 17.2. The summed E-state index contributed by atoms with van der Waals surface area (Å²) >= 11 is 0. The van der Waals surface area contributed by atoms with Crippen LogP contribution >= 0.6 is 0 Å². The van der Waals surface area contributed by atoms with Gasteiger partial charge in [0.25, 0.3) is 0 Å². The van der Waals surface area contributed by atoms with Crippen LogP contribution in [0.3, 0.4) is 0 Å². The highest BCUT2D eigenvalue weighted by molar-refractivity contribution is 4.97. The molecule has 0 aliphatic rings. The lowest BCUT2D eigenvalue weighted by Gasteiger charge is -2.29. The summed E-state index contributed by atoms with van der Waals surface area (Å²) in [6.07, 6.45) is 8.22. The molecule has 0 bridgehead atoms. The number of aryl methyl sites for hydroxylation is 1. The molecule has 0 saturated heterocycles. The van der Waals surface area contributed by atoms with E-state index in [4.69, 9.17) is 4.74 Å². The van der Waals surface area contributed by atoms with Crippen molar-refractivity contribution in [3.05, 3.63) is 18.2 Å². The monoisotopic (exact) mass is 281 g/mol. The molecule has 1 aromatic rings. The van der Waals surface area contributed by atoms with E-state index in [9.17, 15) is 0 Å². The van der Waals surface area contributed by atoms with Gasteiger partial charge < -0.3 is 14.6 Å². The van der Waals surface area contributed by atoms with Crippen molar-refractivity contribution in [3.63, 3.8) is 0 Å². The minimum Gasteiger partial charge on any atom is -0.379 e. The predicted molar refractivity (Wildman–Crippen MR) is 84.0 cm³/mol. The minimum atomic E-state index is -0.104. The second kappa shape index (κ2) is 8.42. The fraction of sp³-hybridized carbons (Fsp3) is 0.812. The molecule has 1 unspecified atom stereocenters. The highest BCUT2D eigenvalue weighted by Gasteiger charge is 2.23. The number of ether oxygens (including phenoxy) is 1. The van der Waals surface area contributed by atoms with Crippen LogP contribution in [-0.4, -0.2) is 34.8 Å². The second-order valence-electron chi connectivity index (χ2n) is 6.06. The number of nitrogens with zero attached hydrogens (tertiary/aromatic N) is 2. The van der Waals surface area contributed by atoms with Crippen LogP contribution in [0.1, 0.15) is 52.8 Å². The first-order chi connectivity index (χ1) is 9.52. The van der Waals surface area contributed by atoms with Crippen molar-refractivity contribution in [2.45, 2.75) is 71.6 Å². The summed E-state index contributed by atoms with van der Waals surface area (Å²) in [6, 6.07) is 0.405. The lowest BCUT2D eigenvalue weighted by Crippen LogP contribution is -2.40. The lowest BCUT2D eigenvalue weighted by molar-refractivity contribution is 0.00693. The molecule has 0 saturated carbocycles. The van der Waals surface area contributed by atoms with Gasteiger partial charge in [0.1, 0.15) is 5.82 Å². The number of methoxy groups -OCH3 is 1. The normalized spacial score (nSPS) is 13.7. The molecule has 1 rings (SSSR count). The zero-order chi connectivity index (χ0) is 15.0. The molecule has 1 heterocycles. The third-order valence-corrected chi connectivity index (χ3v) is 3.67. The molecule has 1 aromatic heterocycles. The van der Waals surface area contributed by atoms with Crippen LogP contribution < -0.4 is 5.32 Å². The Labute approximate surface area is 123 Å². The molecule has 1 atom stereocenters. The number of imidazole rings is 1. The van der Waals surface area contributed by atoms with Crippen molar-refractivity contribution >= 4 is 0 Å². The Morgan fingerprint density at radius 3 is 2.70 bits per heavy atom. The van der Waals surface area contributed by atoms with E-state index in [1.54, 1.807) is 7.11 Å². The fourth-order valence-electron chi connectivity index (χ4n) is 2.44. The predicted octanol–water partition coefficient (Wildman–Crippen LogP) is 3.02. The van der Waals surface area contributed by atoms with Gasteiger partial charge in [-0.15, -0.1) is 0 Å². The second-order valence-corrected chi connectivity index (χ2v) is 6.06. The minimum absolute atomic E-state index is 0.104. The van der Waals surface area contributed by atoms with E-state index in [1.165, 1.54) is 5.82 Å². The van der Waals surface area contributed by atoms with Crippen LogP contribution in [0.5, 0.6) is 0 Å². The molecule has 0 aliphatic carbocycles. The third kappa shape index (κ3) is 5.63. The quantitative estimate of drug-likeness (QED) is 0.716. The molecular formula is C16H31N3O. The summed E-state index contributed by atoms with van der Waals surface area (Å²) in [4.78, 5) is 4.52. The molecule has 0 amide bonds. The summed E-state index contributed by atoms with van der Waals surface area (Å²) in [7, 11) is 1.79. The fourth-order valence-corrected chi connectivity index (χ4v) is 2.44. The van der Waals surface area contributed by atoms with E-state index in [-0.39, 0.29) is 5.60 Å². The van der Waals surface area contributed by atoms with Crippen LogP contribution in [-0.2, 0) is 17.7 Å². The molecule has 1 N–H and O–H groups in total. The highest BCUT2D eigenvalue weighted by atomic mass is 16.5. The Kier molecular flexibility index (Phi) is 7.24. The van der Waals surface area contributed by atoms with E-state index in [1.807, 2.05) is 6.20 Å². The Bertz CT molecular complexity index is 374. The number of nitrogens with one attached hydrogen (secondary N) is 1. The van der Waals surface area contributed by atoms with E-state index in [0.29, 0.717) is 6.04 Å². The summed E-state index contributed by atoms with van der Waals surface area (Å²) in [5, 5.41) is 3.63. The number of aromatic nitrogens is 2. The van der Waals surface area contributed by atoms with Gasteiger partial charge >= 0.3 is 0 Å². The standard InChI is InChI=1S/C16H31N3O/c1-6-8-17-14(13-16(3,4)20-5)12-15-18-9-11-19(15)10-7-2/h9,11,14,17H,6-8,10,12-13H2,1-5H3. The summed E-state index contributed by atoms with van der Waals surface area (Å²) in [5.74, 6) is 1.17. The van der Waals surface area contributed by atoms with Gasteiger partial charge in [0.05, 0.1) is 5.60 Å². The summed E-state index contributed by atoms with van der Waals surface area (Å²) in [6.45, 7) is 10.8. The topological polar surface area (TPSA) is 39.1 Å². The molecule has 0 radical (unpaired) electrons. The maximum absolute atomic E-state index is 5.58. The maximum Gasteiger partial charge on any atom is 0.110 e. The lowest BCUT2D eigenvalue weighted by atomic mass is 9.96. The van der Waals surface area contributed by atoms with Crippen LogP contribution in [0, 0.1) is 0 Å². The Morgan fingerprint density at radius 2 is 2.10 bits per heavy atom. The summed E-state index contributed by atoms with van der Waals surface area (Å²) in [5.41, 5.74) is -0.104. The first-order valence-corrected chi connectivity index (χ1v) is 7.81. The Hall–Kier alpha value is -0.870. The largest absolute Gasteiger partial charge is 0.379 e. The average molecular weight is 281 g/mol. The smallest absolute Gasteiger partial charge is 0.110 e.